The molecular weight excluding hydrogens is 459 g/mol. The number of halogens is 1. The number of methoxy groups -OCH3 is 2. The van der Waals surface area contributed by atoms with Gasteiger partial charge in [0.25, 0.3) is 0 Å². The van der Waals surface area contributed by atoms with Crippen molar-refractivity contribution in [2.45, 2.75) is 20.0 Å². The molecule has 0 atom stereocenters. The standard InChI is InChI=1S/C18H28N6O2.HI/c1-14-21-22-17(24(14)3)12-20-18(19-10-11-25-4)23(2)13-15-8-6-7-9-16(15)26-5;/h6-9H,10-13H2,1-5H3,(H,19,20);1H. The maximum absolute atomic E-state index is 5.44. The summed E-state index contributed by atoms with van der Waals surface area (Å²) in [6.45, 7) is 4.31. The Morgan fingerprint density at radius 3 is 2.63 bits per heavy atom. The van der Waals surface area contributed by atoms with Crippen molar-refractivity contribution in [3.63, 3.8) is 0 Å². The summed E-state index contributed by atoms with van der Waals surface area (Å²) >= 11 is 0. The lowest BCUT2D eigenvalue weighted by molar-refractivity contribution is 0.203. The van der Waals surface area contributed by atoms with Crippen LogP contribution in [0, 0.1) is 6.92 Å². The first-order valence-electron chi connectivity index (χ1n) is 8.52. The van der Waals surface area contributed by atoms with Crippen molar-refractivity contribution >= 4 is 29.9 Å². The Morgan fingerprint density at radius 2 is 2.00 bits per heavy atom. The quantitative estimate of drug-likeness (QED) is 0.265. The van der Waals surface area contributed by atoms with Gasteiger partial charge in [-0.3, -0.25) is 0 Å². The number of rotatable bonds is 8. The molecule has 0 spiro atoms. The maximum Gasteiger partial charge on any atom is 0.194 e. The van der Waals surface area contributed by atoms with Crippen LogP contribution in [0.2, 0.25) is 0 Å². The van der Waals surface area contributed by atoms with Gasteiger partial charge in [-0.15, -0.1) is 34.2 Å². The lowest BCUT2D eigenvalue weighted by Crippen LogP contribution is -2.40. The predicted octanol–water partition coefficient (Wildman–Crippen LogP) is 1.97. The summed E-state index contributed by atoms with van der Waals surface area (Å²) in [6.07, 6.45) is 0. The Hall–Kier alpha value is -1.88. The Morgan fingerprint density at radius 1 is 1.26 bits per heavy atom. The van der Waals surface area contributed by atoms with E-state index in [0.29, 0.717) is 26.2 Å². The van der Waals surface area contributed by atoms with E-state index >= 15 is 0 Å². The summed E-state index contributed by atoms with van der Waals surface area (Å²) in [5.41, 5.74) is 1.09. The second-order valence-electron chi connectivity index (χ2n) is 5.95. The third kappa shape index (κ3) is 6.65. The SMILES string of the molecule is COCCNC(=NCc1nnc(C)n1C)N(C)Cc1ccccc1OC.I. The Kier molecular flexibility index (Phi) is 10.1. The fourth-order valence-electron chi connectivity index (χ4n) is 2.47. The Balaban J connectivity index is 0.00000364. The number of guanidine groups is 1. The van der Waals surface area contributed by atoms with Crippen molar-refractivity contribution in [3.8, 4) is 5.75 Å². The number of aromatic nitrogens is 3. The number of ether oxygens (including phenoxy) is 2. The van der Waals surface area contributed by atoms with Gasteiger partial charge in [0, 0.05) is 39.9 Å². The molecule has 0 aliphatic rings. The van der Waals surface area contributed by atoms with Gasteiger partial charge in [0.15, 0.2) is 11.8 Å². The van der Waals surface area contributed by atoms with Gasteiger partial charge in [0.1, 0.15) is 18.1 Å². The van der Waals surface area contributed by atoms with Gasteiger partial charge < -0.3 is 24.3 Å². The molecule has 0 aliphatic heterocycles. The van der Waals surface area contributed by atoms with E-state index in [1.165, 1.54) is 0 Å². The van der Waals surface area contributed by atoms with Crippen molar-refractivity contribution in [2.24, 2.45) is 12.0 Å². The molecule has 8 nitrogen and oxygen atoms in total. The summed E-state index contributed by atoms with van der Waals surface area (Å²) in [7, 11) is 7.30. The molecule has 1 N–H and O–H groups in total. The van der Waals surface area contributed by atoms with Crippen LogP contribution in [0.4, 0.5) is 0 Å². The average Bonchev–Trinajstić information content (AvgIpc) is 2.97. The van der Waals surface area contributed by atoms with Crippen LogP contribution >= 0.6 is 24.0 Å². The number of para-hydroxylation sites is 1. The van der Waals surface area contributed by atoms with Gasteiger partial charge in [-0.2, -0.15) is 0 Å². The summed E-state index contributed by atoms with van der Waals surface area (Å²) in [5, 5.41) is 11.6. The van der Waals surface area contributed by atoms with E-state index in [4.69, 9.17) is 14.5 Å². The third-order valence-corrected chi connectivity index (χ3v) is 4.10. The van der Waals surface area contributed by atoms with Crippen LogP contribution in [0.15, 0.2) is 29.3 Å². The van der Waals surface area contributed by atoms with Crippen molar-refractivity contribution in [1.82, 2.24) is 25.0 Å². The molecule has 0 bridgehead atoms. The topological polar surface area (TPSA) is 76.8 Å². The molecule has 1 aromatic heterocycles. The van der Waals surface area contributed by atoms with Crippen molar-refractivity contribution in [2.75, 3.05) is 34.4 Å². The number of hydrogen-bond donors (Lipinski definition) is 1. The van der Waals surface area contributed by atoms with Crippen LogP contribution in [-0.4, -0.2) is 60.0 Å². The molecule has 2 rings (SSSR count). The van der Waals surface area contributed by atoms with Gasteiger partial charge in [-0.25, -0.2) is 4.99 Å². The molecule has 0 saturated carbocycles. The number of nitrogens with one attached hydrogen (secondary N) is 1. The van der Waals surface area contributed by atoms with Crippen LogP contribution in [-0.2, 0) is 24.9 Å². The number of nitrogens with zero attached hydrogens (tertiary/aromatic N) is 5. The lowest BCUT2D eigenvalue weighted by Gasteiger charge is -2.23. The Labute approximate surface area is 178 Å². The van der Waals surface area contributed by atoms with E-state index in [1.54, 1.807) is 14.2 Å². The third-order valence-electron chi connectivity index (χ3n) is 4.10. The molecule has 0 amide bonds. The van der Waals surface area contributed by atoms with Crippen LogP contribution in [0.1, 0.15) is 17.2 Å². The molecule has 1 heterocycles. The van der Waals surface area contributed by atoms with Gasteiger partial charge in [-0.05, 0) is 13.0 Å². The molecule has 2 aromatic rings. The van der Waals surface area contributed by atoms with E-state index in [1.807, 2.05) is 49.9 Å². The zero-order chi connectivity index (χ0) is 18.9. The van der Waals surface area contributed by atoms with Crippen molar-refractivity contribution in [3.05, 3.63) is 41.5 Å². The number of hydrogen-bond acceptors (Lipinski definition) is 5. The first-order chi connectivity index (χ1) is 12.6. The molecule has 150 valence electrons. The average molecular weight is 488 g/mol. The van der Waals surface area contributed by atoms with Crippen LogP contribution < -0.4 is 10.1 Å². The minimum absolute atomic E-state index is 0. The van der Waals surface area contributed by atoms with Gasteiger partial charge >= 0.3 is 0 Å². The monoisotopic (exact) mass is 488 g/mol. The molecule has 0 fully saturated rings. The van der Waals surface area contributed by atoms with E-state index < -0.39 is 0 Å². The molecule has 0 aliphatic carbocycles. The molecule has 1 aromatic carbocycles. The summed E-state index contributed by atoms with van der Waals surface area (Å²) in [6, 6.07) is 7.97. The summed E-state index contributed by atoms with van der Waals surface area (Å²) < 4.78 is 12.5. The van der Waals surface area contributed by atoms with E-state index in [9.17, 15) is 0 Å². The molecule has 0 saturated heterocycles. The highest BCUT2D eigenvalue weighted by Gasteiger charge is 2.11. The summed E-state index contributed by atoms with van der Waals surface area (Å²) in [4.78, 5) is 6.76. The van der Waals surface area contributed by atoms with Gasteiger partial charge in [-0.1, -0.05) is 18.2 Å². The molecule has 9 heteroatoms. The molecule has 0 unspecified atom stereocenters. The smallest absolute Gasteiger partial charge is 0.194 e. The molecule has 27 heavy (non-hydrogen) atoms. The zero-order valence-corrected chi connectivity index (χ0v) is 18.9. The maximum atomic E-state index is 5.44. The minimum atomic E-state index is 0. The van der Waals surface area contributed by atoms with Gasteiger partial charge in [0.2, 0.25) is 0 Å². The van der Waals surface area contributed by atoms with Crippen LogP contribution in [0.5, 0.6) is 5.75 Å². The fraction of sp³-hybridized carbons (Fsp3) is 0.500. The van der Waals surface area contributed by atoms with Crippen LogP contribution in [0.25, 0.3) is 0 Å². The number of aliphatic imine (C=N–C) groups is 1. The highest BCUT2D eigenvalue weighted by molar-refractivity contribution is 14.0. The lowest BCUT2D eigenvalue weighted by atomic mass is 10.2. The molecular formula is C18H29IN6O2. The van der Waals surface area contributed by atoms with Gasteiger partial charge in [0.05, 0.1) is 13.7 Å². The normalized spacial score (nSPS) is 11.1. The molecule has 0 radical (unpaired) electrons. The van der Waals surface area contributed by atoms with E-state index in [0.717, 1.165) is 28.9 Å². The van der Waals surface area contributed by atoms with E-state index in [-0.39, 0.29) is 24.0 Å². The van der Waals surface area contributed by atoms with Crippen LogP contribution in [0.3, 0.4) is 0 Å². The first-order valence-corrected chi connectivity index (χ1v) is 8.52. The predicted molar refractivity (Wildman–Crippen MR) is 117 cm³/mol. The Bertz CT molecular complexity index is 734. The second kappa shape index (κ2) is 11.8. The minimum Gasteiger partial charge on any atom is -0.496 e. The second-order valence-corrected chi connectivity index (χ2v) is 5.95. The fourth-order valence-corrected chi connectivity index (χ4v) is 2.47. The number of benzene rings is 1. The number of aryl methyl sites for hydroxylation is 1. The van der Waals surface area contributed by atoms with Crippen molar-refractivity contribution < 1.29 is 9.47 Å². The highest BCUT2D eigenvalue weighted by Crippen LogP contribution is 2.18. The van der Waals surface area contributed by atoms with Crippen molar-refractivity contribution in [1.29, 1.82) is 0 Å². The largest absolute Gasteiger partial charge is 0.496 e. The summed E-state index contributed by atoms with van der Waals surface area (Å²) in [5.74, 6) is 3.32. The first kappa shape index (κ1) is 23.2. The zero-order valence-electron chi connectivity index (χ0n) is 16.6. The van der Waals surface area contributed by atoms with E-state index in [2.05, 4.69) is 20.4 Å². The highest BCUT2D eigenvalue weighted by atomic mass is 127.